The highest BCUT2D eigenvalue weighted by Gasteiger charge is 2.50. The fourth-order valence-electron chi connectivity index (χ4n) is 9.89. The Labute approximate surface area is 411 Å². The molecule has 0 radical (unpaired) electrons. The van der Waals surface area contributed by atoms with Crippen LogP contribution < -0.4 is 20.4 Å². The normalized spacial score (nSPS) is 16.5. The number of hydrogen-bond donors (Lipinski definition) is 2. The van der Waals surface area contributed by atoms with Gasteiger partial charge in [0.05, 0.1) is 41.7 Å². The Morgan fingerprint density at radius 3 is 1.45 bits per heavy atom. The Balaban J connectivity index is 0.000000205. The van der Waals surface area contributed by atoms with Crippen LogP contribution in [0.3, 0.4) is 0 Å². The molecule has 14 nitrogen and oxygen atoms in total. The molecule has 366 valence electrons. The number of nitrogens with one attached hydrogen (secondary N) is 2. The van der Waals surface area contributed by atoms with Crippen molar-refractivity contribution in [2.75, 3.05) is 50.2 Å². The Bertz CT molecular complexity index is 2550. The van der Waals surface area contributed by atoms with Crippen LogP contribution in [0, 0.1) is 14.4 Å². The van der Waals surface area contributed by atoms with E-state index in [4.69, 9.17) is 14.2 Å². The van der Waals surface area contributed by atoms with Crippen molar-refractivity contribution in [1.82, 2.24) is 10.6 Å². The van der Waals surface area contributed by atoms with Gasteiger partial charge in [0.1, 0.15) is 13.2 Å². The fourth-order valence-corrected chi connectivity index (χ4v) is 10.6. The van der Waals surface area contributed by atoms with Gasteiger partial charge in [-0.2, -0.15) is 13.2 Å². The zero-order valence-electron chi connectivity index (χ0n) is 38.4. The molecule has 18 heteroatoms. The lowest BCUT2D eigenvalue weighted by Crippen LogP contribution is -2.50. The molecule has 0 aromatic heterocycles. The molecule has 4 aromatic rings. The lowest BCUT2D eigenvalue weighted by Gasteiger charge is -2.41. The van der Waals surface area contributed by atoms with Crippen LogP contribution in [0.25, 0.3) is 0 Å². The highest BCUT2D eigenvalue weighted by Crippen LogP contribution is 2.50. The topological polar surface area (TPSA) is 170 Å². The molecule has 4 amide bonds. The summed E-state index contributed by atoms with van der Waals surface area (Å²) in [7, 11) is 2.35. The summed E-state index contributed by atoms with van der Waals surface area (Å²) in [5, 5.41) is 5.33. The predicted octanol–water partition coefficient (Wildman–Crippen LogP) is 9.32. The molecule has 2 N–H and O–H groups in total. The van der Waals surface area contributed by atoms with E-state index in [-0.39, 0.29) is 56.8 Å². The van der Waals surface area contributed by atoms with Gasteiger partial charge in [0.25, 0.3) is 0 Å². The predicted molar refractivity (Wildman–Crippen MR) is 256 cm³/mol. The van der Waals surface area contributed by atoms with Crippen LogP contribution in [-0.4, -0.2) is 76.3 Å². The zero-order valence-corrected chi connectivity index (χ0v) is 40.5. The molecule has 2 fully saturated rings. The van der Waals surface area contributed by atoms with Crippen LogP contribution >= 0.6 is 22.6 Å². The van der Waals surface area contributed by atoms with E-state index in [9.17, 15) is 41.9 Å². The highest BCUT2D eigenvalue weighted by molar-refractivity contribution is 14.1. The monoisotopic (exact) mass is 1070 g/mol. The molecule has 2 aliphatic heterocycles. The highest BCUT2D eigenvalue weighted by atomic mass is 127. The van der Waals surface area contributed by atoms with E-state index in [1.807, 2.05) is 66.7 Å². The molecule has 4 aliphatic rings. The average molecular weight is 1070 g/mol. The van der Waals surface area contributed by atoms with Crippen molar-refractivity contribution in [3.05, 3.63) is 127 Å². The van der Waals surface area contributed by atoms with Crippen molar-refractivity contribution in [3.63, 3.8) is 0 Å². The number of rotatable bonds is 12. The SMILES string of the molecule is COC(=O)c1cc2c(cc1C(F)(F)F)CC1(CCCC1)C(=O)N2CCNC(=O)OCc1ccccc1.COC(=O)c1cc2c(cc1I)CC1(CCCC1)C(=O)N2CCNC(=O)OCc1ccccc1. The first-order valence-corrected chi connectivity index (χ1v) is 23.9. The molecule has 0 unspecified atom stereocenters. The molecule has 2 spiro atoms. The number of methoxy groups -OCH3 is 2. The summed E-state index contributed by atoms with van der Waals surface area (Å²) in [4.78, 5) is 79.0. The minimum absolute atomic E-state index is 0.0139. The number of carbonyl (C=O) groups is 6. The summed E-state index contributed by atoms with van der Waals surface area (Å²) in [5.41, 5.74) is 1.59. The van der Waals surface area contributed by atoms with E-state index < -0.39 is 52.3 Å². The molecular formula is C51H54F3IN4O10. The smallest absolute Gasteiger partial charge is 0.417 e. The second-order valence-corrected chi connectivity index (χ2v) is 18.8. The zero-order chi connectivity index (χ0) is 49.3. The maximum Gasteiger partial charge on any atom is 0.417 e. The number of amides is 4. The van der Waals surface area contributed by atoms with E-state index in [1.54, 1.807) is 11.0 Å². The molecular weight excluding hydrogens is 1010 g/mol. The van der Waals surface area contributed by atoms with Gasteiger partial charge < -0.3 is 39.4 Å². The number of nitrogens with zero attached hydrogens (tertiary/aromatic N) is 2. The second kappa shape index (κ2) is 22.1. The van der Waals surface area contributed by atoms with Gasteiger partial charge in [-0.15, -0.1) is 0 Å². The molecule has 2 saturated carbocycles. The third-order valence-electron chi connectivity index (χ3n) is 13.3. The van der Waals surface area contributed by atoms with E-state index >= 15 is 0 Å². The van der Waals surface area contributed by atoms with E-state index in [0.29, 0.717) is 36.9 Å². The molecule has 69 heavy (non-hydrogen) atoms. The summed E-state index contributed by atoms with van der Waals surface area (Å²) in [5.74, 6) is -1.70. The van der Waals surface area contributed by atoms with Gasteiger partial charge in [-0.1, -0.05) is 86.3 Å². The maximum absolute atomic E-state index is 13.8. The number of ether oxygens (including phenoxy) is 4. The van der Waals surface area contributed by atoms with E-state index in [1.165, 1.54) is 12.0 Å². The number of halogens is 4. The number of esters is 2. The summed E-state index contributed by atoms with van der Waals surface area (Å²) >= 11 is 2.14. The molecule has 2 aliphatic carbocycles. The van der Waals surface area contributed by atoms with Crippen molar-refractivity contribution in [3.8, 4) is 0 Å². The minimum atomic E-state index is -4.77. The van der Waals surface area contributed by atoms with Crippen LogP contribution in [-0.2, 0) is 60.8 Å². The Hall–Kier alpha value is -6.18. The number of fused-ring (bicyclic) bond motifs is 2. The van der Waals surface area contributed by atoms with E-state index in [0.717, 1.165) is 83.7 Å². The third-order valence-corrected chi connectivity index (χ3v) is 14.2. The third kappa shape index (κ3) is 11.6. The molecule has 0 atom stereocenters. The summed E-state index contributed by atoms with van der Waals surface area (Å²) < 4.78 is 62.1. The van der Waals surface area contributed by atoms with Crippen molar-refractivity contribution in [2.24, 2.45) is 10.8 Å². The van der Waals surface area contributed by atoms with Gasteiger partial charge in [0, 0.05) is 41.1 Å². The summed E-state index contributed by atoms with van der Waals surface area (Å²) in [6.07, 6.45) is 1.46. The van der Waals surface area contributed by atoms with Gasteiger partial charge in [-0.3, -0.25) is 9.59 Å². The molecule has 8 rings (SSSR count). The molecule has 0 bridgehead atoms. The number of alkyl carbamates (subject to hydrolysis) is 2. The van der Waals surface area contributed by atoms with Gasteiger partial charge in [0.15, 0.2) is 0 Å². The van der Waals surface area contributed by atoms with Crippen molar-refractivity contribution in [2.45, 2.75) is 83.6 Å². The van der Waals surface area contributed by atoms with Gasteiger partial charge >= 0.3 is 30.3 Å². The first-order valence-electron chi connectivity index (χ1n) is 22.8. The Morgan fingerprint density at radius 1 is 0.623 bits per heavy atom. The Morgan fingerprint density at radius 2 is 1.03 bits per heavy atom. The van der Waals surface area contributed by atoms with Crippen LogP contribution in [0.5, 0.6) is 0 Å². The largest absolute Gasteiger partial charge is 0.465 e. The quantitative estimate of drug-likeness (QED) is 0.0792. The van der Waals surface area contributed by atoms with Crippen LogP contribution in [0.1, 0.15) is 99.9 Å². The first kappa shape index (κ1) is 50.7. The lowest BCUT2D eigenvalue weighted by molar-refractivity contribution is -0.138. The number of hydrogen-bond acceptors (Lipinski definition) is 10. The minimum Gasteiger partial charge on any atom is -0.465 e. The molecule has 4 aromatic carbocycles. The van der Waals surface area contributed by atoms with Crippen molar-refractivity contribution < 1.29 is 60.9 Å². The first-order chi connectivity index (χ1) is 33.1. The van der Waals surface area contributed by atoms with Crippen molar-refractivity contribution in [1.29, 1.82) is 0 Å². The maximum atomic E-state index is 13.8. The summed E-state index contributed by atoms with van der Waals surface area (Å²) in [6, 6.07) is 24.3. The van der Waals surface area contributed by atoms with E-state index in [2.05, 4.69) is 38.0 Å². The molecule has 0 saturated heterocycles. The standard InChI is InChI=1S/C26H27F3N2O5.C25H27IN2O5/c1-35-22(32)19-14-21-18(13-20(19)26(27,28)29)15-25(9-5-6-10-25)23(33)31(21)12-11-30-24(34)36-16-17-7-3-2-4-8-17;1-32-22(29)19-14-21-18(13-20(19)26)15-25(9-5-6-10-25)23(30)28(21)12-11-27-24(31)33-16-17-7-3-2-4-8-17/h2-4,7-8,13-14H,5-6,9-12,15-16H2,1H3,(H,30,34);2-4,7-8,13-14H,5-6,9-12,15-16H2,1H3,(H,27,31). The number of carbonyl (C=O) groups excluding carboxylic acids is 6. The van der Waals surface area contributed by atoms with Crippen LogP contribution in [0.4, 0.5) is 34.1 Å². The number of alkyl halides is 3. The van der Waals surface area contributed by atoms with Crippen molar-refractivity contribution >= 4 is 69.9 Å². The van der Waals surface area contributed by atoms with Crippen LogP contribution in [0.15, 0.2) is 84.9 Å². The van der Waals surface area contributed by atoms with Gasteiger partial charge in [-0.05, 0) is 108 Å². The number of benzene rings is 4. The number of anilines is 2. The second-order valence-electron chi connectivity index (χ2n) is 17.7. The lowest BCUT2D eigenvalue weighted by atomic mass is 9.74. The van der Waals surface area contributed by atoms with Gasteiger partial charge in [0.2, 0.25) is 11.8 Å². The summed E-state index contributed by atoms with van der Waals surface area (Å²) in [6.45, 7) is 0.833. The fraction of sp³-hybridized carbons (Fsp3) is 0.412. The van der Waals surface area contributed by atoms with Crippen LogP contribution in [0.2, 0.25) is 0 Å². The average Bonchev–Trinajstić information content (AvgIpc) is 4.03. The van der Waals surface area contributed by atoms with Gasteiger partial charge in [-0.25, -0.2) is 19.2 Å². The Kier molecular flexibility index (Phi) is 16.2. The molecule has 2 heterocycles.